The van der Waals surface area contributed by atoms with Gasteiger partial charge < -0.3 is 14.8 Å². The fourth-order valence-electron chi connectivity index (χ4n) is 2.05. The van der Waals surface area contributed by atoms with E-state index in [1.165, 1.54) is 35.2 Å². The van der Waals surface area contributed by atoms with Gasteiger partial charge in [-0.2, -0.15) is 0 Å². The van der Waals surface area contributed by atoms with Gasteiger partial charge in [-0.3, -0.25) is 0 Å². The molecule has 6 nitrogen and oxygen atoms in total. The first kappa shape index (κ1) is 15.8. The van der Waals surface area contributed by atoms with E-state index in [0.29, 0.717) is 11.3 Å². The minimum absolute atomic E-state index is 0.0706. The van der Waals surface area contributed by atoms with Gasteiger partial charge in [0.2, 0.25) is 5.13 Å². The Labute approximate surface area is 140 Å². The number of nitrogens with one attached hydrogen (secondary N) is 1. The van der Waals surface area contributed by atoms with E-state index in [9.17, 15) is 9.90 Å². The van der Waals surface area contributed by atoms with Crippen molar-refractivity contribution >= 4 is 39.2 Å². The van der Waals surface area contributed by atoms with Gasteiger partial charge in [-0.1, -0.05) is 30.0 Å². The number of anilines is 1. The van der Waals surface area contributed by atoms with Gasteiger partial charge in [-0.25, -0.2) is 4.79 Å². The highest BCUT2D eigenvalue weighted by Crippen LogP contribution is 2.31. The molecule has 0 aliphatic carbocycles. The first-order valence-corrected chi connectivity index (χ1v) is 8.92. The van der Waals surface area contributed by atoms with Gasteiger partial charge in [0.15, 0.2) is 4.34 Å². The van der Waals surface area contributed by atoms with Crippen LogP contribution in [0.1, 0.15) is 18.9 Å². The molecule has 2 heterocycles. The summed E-state index contributed by atoms with van der Waals surface area (Å²) in [6, 6.07) is 6.25. The van der Waals surface area contributed by atoms with E-state index in [1.54, 1.807) is 12.1 Å². The van der Waals surface area contributed by atoms with Crippen LogP contribution in [0.4, 0.5) is 5.13 Å². The summed E-state index contributed by atoms with van der Waals surface area (Å²) in [5, 5.41) is 22.5. The van der Waals surface area contributed by atoms with E-state index in [2.05, 4.69) is 22.4 Å². The summed E-state index contributed by atoms with van der Waals surface area (Å²) >= 11 is 3.01. The van der Waals surface area contributed by atoms with Crippen LogP contribution in [0.25, 0.3) is 11.0 Å². The van der Waals surface area contributed by atoms with Crippen molar-refractivity contribution < 1.29 is 9.52 Å². The van der Waals surface area contributed by atoms with E-state index >= 15 is 0 Å². The van der Waals surface area contributed by atoms with E-state index in [0.717, 1.165) is 33.4 Å². The van der Waals surface area contributed by atoms with Crippen LogP contribution in [0, 0.1) is 0 Å². The zero-order chi connectivity index (χ0) is 16.2. The summed E-state index contributed by atoms with van der Waals surface area (Å²) in [5.74, 6) is 0.649. The third kappa shape index (κ3) is 3.83. The Morgan fingerprint density at radius 3 is 3.04 bits per heavy atom. The molecule has 0 spiro atoms. The van der Waals surface area contributed by atoms with Crippen molar-refractivity contribution in [3.8, 4) is 5.75 Å². The highest BCUT2D eigenvalue weighted by atomic mass is 32.2. The zero-order valence-electron chi connectivity index (χ0n) is 12.4. The lowest BCUT2D eigenvalue weighted by atomic mass is 10.1. The van der Waals surface area contributed by atoms with Crippen LogP contribution in [0.5, 0.6) is 5.75 Å². The zero-order valence-corrected chi connectivity index (χ0v) is 14.0. The number of hydrogen-bond acceptors (Lipinski definition) is 8. The lowest BCUT2D eigenvalue weighted by Gasteiger charge is -2.04. The first-order chi connectivity index (χ1) is 11.2. The minimum atomic E-state index is -0.429. The van der Waals surface area contributed by atoms with Gasteiger partial charge in [-0.05, 0) is 24.1 Å². The summed E-state index contributed by atoms with van der Waals surface area (Å²) < 4.78 is 5.96. The molecule has 23 heavy (non-hydrogen) atoms. The highest BCUT2D eigenvalue weighted by molar-refractivity contribution is 8.00. The fraction of sp³-hybridized carbons (Fsp3) is 0.267. The molecule has 0 amide bonds. The molecule has 3 rings (SSSR count). The molecule has 0 bridgehead atoms. The number of fused-ring (bicyclic) bond motifs is 1. The molecule has 0 saturated carbocycles. The maximum atomic E-state index is 11.7. The smallest absolute Gasteiger partial charge is 0.336 e. The number of aromatic nitrogens is 2. The molecular formula is C15H15N3O3S2. The number of nitrogens with zero attached hydrogens (tertiary/aromatic N) is 2. The molecule has 2 N–H and O–H groups in total. The summed E-state index contributed by atoms with van der Waals surface area (Å²) in [6.07, 6.45) is 1.03. The molecule has 1 aromatic carbocycles. The summed E-state index contributed by atoms with van der Waals surface area (Å²) in [7, 11) is 0. The van der Waals surface area contributed by atoms with Crippen LogP contribution in [-0.2, 0) is 5.75 Å². The van der Waals surface area contributed by atoms with E-state index in [4.69, 9.17) is 4.42 Å². The Kier molecular flexibility index (Phi) is 4.82. The molecule has 0 aliphatic rings. The normalized spacial score (nSPS) is 11.0. The van der Waals surface area contributed by atoms with Crippen molar-refractivity contribution in [3.05, 3.63) is 40.2 Å². The topological polar surface area (TPSA) is 88.3 Å². The standard InChI is InChI=1S/C15H15N3O3S2/c1-2-5-16-14-17-18-15(23-14)22-8-9-6-13(20)21-12-7-10(19)3-4-11(9)12/h3-4,6-7,19H,2,5,8H2,1H3,(H,16,17). The predicted molar refractivity (Wildman–Crippen MR) is 92.4 cm³/mol. The van der Waals surface area contributed by atoms with Gasteiger partial charge in [0, 0.05) is 29.8 Å². The largest absolute Gasteiger partial charge is 0.508 e. The monoisotopic (exact) mass is 349 g/mol. The van der Waals surface area contributed by atoms with Gasteiger partial charge in [0.25, 0.3) is 0 Å². The number of rotatable bonds is 6. The van der Waals surface area contributed by atoms with Gasteiger partial charge in [0.05, 0.1) is 0 Å². The maximum Gasteiger partial charge on any atom is 0.336 e. The molecule has 2 aromatic heterocycles. The molecule has 0 saturated heterocycles. The number of benzene rings is 1. The lowest BCUT2D eigenvalue weighted by Crippen LogP contribution is -1.99. The second-order valence-electron chi connectivity index (χ2n) is 4.86. The average Bonchev–Trinajstić information content (AvgIpc) is 2.98. The van der Waals surface area contributed by atoms with Crippen molar-refractivity contribution in [1.82, 2.24) is 10.2 Å². The Morgan fingerprint density at radius 2 is 2.22 bits per heavy atom. The minimum Gasteiger partial charge on any atom is -0.508 e. The second kappa shape index (κ2) is 7.01. The molecule has 0 fully saturated rings. The highest BCUT2D eigenvalue weighted by Gasteiger charge is 2.09. The molecule has 0 radical (unpaired) electrons. The van der Waals surface area contributed by atoms with Crippen molar-refractivity contribution in [3.63, 3.8) is 0 Å². The number of phenolic OH excluding ortho intramolecular Hbond substituents is 1. The van der Waals surface area contributed by atoms with Crippen molar-refractivity contribution in [1.29, 1.82) is 0 Å². The SMILES string of the molecule is CCCNc1nnc(SCc2cc(=O)oc3cc(O)ccc23)s1. The van der Waals surface area contributed by atoms with Crippen LogP contribution in [0.15, 0.2) is 37.8 Å². The third-order valence-corrected chi connectivity index (χ3v) is 5.16. The Bertz CT molecular complexity index is 876. The maximum absolute atomic E-state index is 11.7. The van der Waals surface area contributed by atoms with E-state index in [1.807, 2.05) is 0 Å². The second-order valence-corrected chi connectivity index (χ2v) is 7.06. The molecule has 8 heteroatoms. The van der Waals surface area contributed by atoms with Crippen LogP contribution in [-0.4, -0.2) is 21.8 Å². The Hall–Kier alpha value is -2.06. The molecule has 120 valence electrons. The average molecular weight is 349 g/mol. The van der Waals surface area contributed by atoms with Crippen LogP contribution in [0.2, 0.25) is 0 Å². The molecule has 0 unspecified atom stereocenters. The first-order valence-electron chi connectivity index (χ1n) is 7.11. The summed E-state index contributed by atoms with van der Waals surface area (Å²) in [4.78, 5) is 11.7. The number of thioether (sulfide) groups is 1. The van der Waals surface area contributed by atoms with Crippen molar-refractivity contribution in [2.45, 2.75) is 23.4 Å². The predicted octanol–water partition coefficient (Wildman–Crippen LogP) is 3.46. The quantitative estimate of drug-likeness (QED) is 0.520. The van der Waals surface area contributed by atoms with Crippen LogP contribution >= 0.6 is 23.1 Å². The number of aromatic hydroxyl groups is 1. The molecule has 0 atom stereocenters. The third-order valence-electron chi connectivity index (χ3n) is 3.10. The van der Waals surface area contributed by atoms with Gasteiger partial charge in [0.1, 0.15) is 11.3 Å². The van der Waals surface area contributed by atoms with E-state index in [-0.39, 0.29) is 5.75 Å². The summed E-state index contributed by atoms with van der Waals surface area (Å²) in [6.45, 7) is 2.96. The van der Waals surface area contributed by atoms with Gasteiger partial charge in [-0.15, -0.1) is 10.2 Å². The van der Waals surface area contributed by atoms with Crippen LogP contribution in [0.3, 0.4) is 0 Å². The van der Waals surface area contributed by atoms with E-state index < -0.39 is 5.63 Å². The fourth-order valence-corrected chi connectivity index (χ4v) is 3.82. The lowest BCUT2D eigenvalue weighted by molar-refractivity contribution is 0.473. The molecule has 3 aromatic rings. The molecule has 0 aliphatic heterocycles. The van der Waals surface area contributed by atoms with Gasteiger partial charge >= 0.3 is 5.63 Å². The Morgan fingerprint density at radius 1 is 1.35 bits per heavy atom. The molecular weight excluding hydrogens is 334 g/mol. The van der Waals surface area contributed by atoms with Crippen molar-refractivity contribution in [2.24, 2.45) is 0 Å². The number of phenols is 1. The number of hydrogen-bond donors (Lipinski definition) is 2. The van der Waals surface area contributed by atoms with Crippen LogP contribution < -0.4 is 10.9 Å². The van der Waals surface area contributed by atoms with Crippen molar-refractivity contribution in [2.75, 3.05) is 11.9 Å². The summed E-state index contributed by atoms with van der Waals surface area (Å²) in [5.41, 5.74) is 0.802. The Balaban J connectivity index is 1.79.